The van der Waals surface area contributed by atoms with Gasteiger partial charge in [0.2, 0.25) is 0 Å². The van der Waals surface area contributed by atoms with E-state index in [-0.39, 0.29) is 11.8 Å². The van der Waals surface area contributed by atoms with E-state index in [0.29, 0.717) is 12.5 Å². The standard InChI is InChI=1S/C6H11N3O/c1-4(10)5-2-3-8-6(7)9-5/h5H,2-3H2,1H3,(H3,7,8,9). The highest BCUT2D eigenvalue weighted by Gasteiger charge is 2.16. The van der Waals surface area contributed by atoms with Gasteiger partial charge in [-0.1, -0.05) is 0 Å². The third-order valence-corrected chi connectivity index (χ3v) is 1.51. The molecule has 1 unspecified atom stereocenters. The molecule has 1 aliphatic heterocycles. The van der Waals surface area contributed by atoms with Crippen LogP contribution in [0.25, 0.3) is 0 Å². The summed E-state index contributed by atoms with van der Waals surface area (Å²) in [5, 5.41) is 2.79. The SMILES string of the molecule is CC(=O)C1CCN=C(N)N1. The average Bonchev–Trinajstić information content (AvgIpc) is 1.88. The highest BCUT2D eigenvalue weighted by molar-refractivity contribution is 5.88. The third kappa shape index (κ3) is 1.46. The molecule has 0 radical (unpaired) electrons. The molecule has 0 saturated carbocycles. The van der Waals surface area contributed by atoms with Crippen LogP contribution in [0, 0.1) is 0 Å². The molecule has 0 aromatic carbocycles. The molecular formula is C6H11N3O. The molecule has 3 N–H and O–H groups in total. The summed E-state index contributed by atoms with van der Waals surface area (Å²) in [6.07, 6.45) is 0.760. The van der Waals surface area contributed by atoms with Gasteiger partial charge < -0.3 is 11.1 Å². The number of aliphatic imine (C=N–C) groups is 1. The van der Waals surface area contributed by atoms with E-state index in [1.807, 2.05) is 0 Å². The lowest BCUT2D eigenvalue weighted by molar-refractivity contribution is -0.118. The van der Waals surface area contributed by atoms with E-state index < -0.39 is 0 Å². The zero-order chi connectivity index (χ0) is 7.56. The first-order valence-corrected chi connectivity index (χ1v) is 3.27. The van der Waals surface area contributed by atoms with Crippen molar-refractivity contribution in [1.82, 2.24) is 5.32 Å². The van der Waals surface area contributed by atoms with Crippen molar-refractivity contribution < 1.29 is 4.79 Å². The summed E-state index contributed by atoms with van der Waals surface area (Å²) in [6, 6.07) is -0.113. The van der Waals surface area contributed by atoms with Crippen LogP contribution in [-0.4, -0.2) is 24.3 Å². The molecule has 0 aliphatic carbocycles. The molecule has 56 valence electrons. The lowest BCUT2D eigenvalue weighted by atomic mass is 10.1. The van der Waals surface area contributed by atoms with Crippen LogP contribution in [0.2, 0.25) is 0 Å². The molecule has 1 aliphatic rings. The second-order valence-corrected chi connectivity index (χ2v) is 2.36. The number of hydrogen-bond acceptors (Lipinski definition) is 4. The van der Waals surface area contributed by atoms with Gasteiger partial charge in [-0.05, 0) is 13.3 Å². The lowest BCUT2D eigenvalue weighted by Gasteiger charge is -2.19. The molecule has 0 fully saturated rings. The first kappa shape index (κ1) is 7.05. The summed E-state index contributed by atoms with van der Waals surface area (Å²) >= 11 is 0. The number of nitrogens with two attached hydrogens (primary N) is 1. The molecule has 4 heteroatoms. The average molecular weight is 141 g/mol. The number of guanidine groups is 1. The van der Waals surface area contributed by atoms with Gasteiger partial charge in [0, 0.05) is 6.54 Å². The molecule has 0 saturated heterocycles. The minimum atomic E-state index is -0.113. The molecular weight excluding hydrogens is 130 g/mol. The number of ketones is 1. The molecule has 4 nitrogen and oxygen atoms in total. The van der Waals surface area contributed by atoms with Crippen LogP contribution in [0.1, 0.15) is 13.3 Å². The maximum Gasteiger partial charge on any atom is 0.189 e. The number of carbonyl (C=O) groups excluding carboxylic acids is 1. The molecule has 0 aromatic heterocycles. The van der Waals surface area contributed by atoms with Gasteiger partial charge in [0.25, 0.3) is 0 Å². The molecule has 1 heterocycles. The van der Waals surface area contributed by atoms with Gasteiger partial charge >= 0.3 is 0 Å². The van der Waals surface area contributed by atoms with Gasteiger partial charge in [0.05, 0.1) is 6.04 Å². The fourth-order valence-corrected chi connectivity index (χ4v) is 0.915. The molecule has 0 amide bonds. The molecule has 0 bridgehead atoms. The highest BCUT2D eigenvalue weighted by Crippen LogP contribution is 1.98. The van der Waals surface area contributed by atoms with E-state index in [1.165, 1.54) is 0 Å². The summed E-state index contributed by atoms with van der Waals surface area (Å²) in [5.74, 6) is 0.504. The van der Waals surface area contributed by atoms with E-state index in [1.54, 1.807) is 6.92 Å². The van der Waals surface area contributed by atoms with Crippen molar-refractivity contribution in [3.05, 3.63) is 0 Å². The predicted molar refractivity (Wildman–Crippen MR) is 38.7 cm³/mol. The van der Waals surface area contributed by atoms with E-state index in [4.69, 9.17) is 5.73 Å². The Morgan fingerprint density at radius 1 is 1.90 bits per heavy atom. The Bertz CT molecular complexity index is 176. The zero-order valence-electron chi connectivity index (χ0n) is 5.92. The van der Waals surface area contributed by atoms with Crippen LogP contribution < -0.4 is 11.1 Å². The summed E-state index contributed by atoms with van der Waals surface area (Å²) in [6.45, 7) is 2.21. The van der Waals surface area contributed by atoms with E-state index >= 15 is 0 Å². The lowest BCUT2D eigenvalue weighted by Crippen LogP contribution is -2.47. The van der Waals surface area contributed by atoms with Crippen LogP contribution in [0.15, 0.2) is 4.99 Å². The topological polar surface area (TPSA) is 67.5 Å². The number of nitrogens with one attached hydrogen (secondary N) is 1. The Morgan fingerprint density at radius 2 is 2.60 bits per heavy atom. The monoisotopic (exact) mass is 141 g/mol. The minimum Gasteiger partial charge on any atom is -0.370 e. The van der Waals surface area contributed by atoms with Crippen molar-refractivity contribution in [2.24, 2.45) is 10.7 Å². The van der Waals surface area contributed by atoms with Crippen LogP contribution >= 0.6 is 0 Å². The normalized spacial score (nSPS) is 24.9. The Kier molecular flexibility index (Phi) is 1.89. The first-order valence-electron chi connectivity index (χ1n) is 3.27. The van der Waals surface area contributed by atoms with Gasteiger partial charge in [-0.2, -0.15) is 0 Å². The summed E-state index contributed by atoms with van der Waals surface area (Å²) in [5.41, 5.74) is 5.35. The van der Waals surface area contributed by atoms with Crippen LogP contribution in [0.3, 0.4) is 0 Å². The highest BCUT2D eigenvalue weighted by atomic mass is 16.1. The van der Waals surface area contributed by atoms with Crippen molar-refractivity contribution in [2.45, 2.75) is 19.4 Å². The maximum atomic E-state index is 10.8. The Labute approximate surface area is 59.5 Å². The zero-order valence-corrected chi connectivity index (χ0v) is 5.92. The van der Waals surface area contributed by atoms with E-state index in [2.05, 4.69) is 10.3 Å². The van der Waals surface area contributed by atoms with E-state index in [0.717, 1.165) is 6.42 Å². The van der Waals surface area contributed by atoms with Gasteiger partial charge in [0.1, 0.15) is 0 Å². The fraction of sp³-hybridized carbons (Fsp3) is 0.667. The molecule has 0 aromatic rings. The third-order valence-electron chi connectivity index (χ3n) is 1.51. The Morgan fingerprint density at radius 3 is 3.00 bits per heavy atom. The van der Waals surface area contributed by atoms with Gasteiger partial charge in [-0.25, -0.2) is 0 Å². The Balaban J connectivity index is 2.53. The second-order valence-electron chi connectivity index (χ2n) is 2.36. The van der Waals surface area contributed by atoms with Gasteiger partial charge in [0.15, 0.2) is 11.7 Å². The molecule has 10 heavy (non-hydrogen) atoms. The fourth-order valence-electron chi connectivity index (χ4n) is 0.915. The predicted octanol–water partition coefficient (Wildman–Crippen LogP) is -0.748. The van der Waals surface area contributed by atoms with Crippen molar-refractivity contribution in [1.29, 1.82) is 0 Å². The van der Waals surface area contributed by atoms with Crippen molar-refractivity contribution in [2.75, 3.05) is 6.54 Å². The molecule has 1 rings (SSSR count). The molecule has 0 spiro atoms. The first-order chi connectivity index (χ1) is 4.70. The summed E-state index contributed by atoms with van der Waals surface area (Å²) in [4.78, 5) is 14.7. The quantitative estimate of drug-likeness (QED) is 0.505. The summed E-state index contributed by atoms with van der Waals surface area (Å²) < 4.78 is 0. The minimum absolute atomic E-state index is 0.113. The van der Waals surface area contributed by atoms with Gasteiger partial charge in [-0.3, -0.25) is 9.79 Å². The number of carbonyl (C=O) groups is 1. The number of hydrogen-bond donors (Lipinski definition) is 2. The van der Waals surface area contributed by atoms with Gasteiger partial charge in [-0.15, -0.1) is 0 Å². The smallest absolute Gasteiger partial charge is 0.189 e. The van der Waals surface area contributed by atoms with Crippen molar-refractivity contribution >= 4 is 11.7 Å². The number of rotatable bonds is 1. The maximum absolute atomic E-state index is 10.8. The molecule has 1 atom stereocenters. The number of nitrogens with zero attached hydrogens (tertiary/aromatic N) is 1. The summed E-state index contributed by atoms with van der Waals surface area (Å²) in [7, 11) is 0. The Hall–Kier alpha value is -1.06. The second kappa shape index (κ2) is 2.68. The van der Waals surface area contributed by atoms with E-state index in [9.17, 15) is 4.79 Å². The largest absolute Gasteiger partial charge is 0.370 e. The van der Waals surface area contributed by atoms with Crippen molar-refractivity contribution in [3.8, 4) is 0 Å². The van der Waals surface area contributed by atoms with Crippen LogP contribution in [0.4, 0.5) is 0 Å². The van der Waals surface area contributed by atoms with Crippen LogP contribution in [0.5, 0.6) is 0 Å². The number of Topliss-reactive ketones (excluding diaryl/α,β-unsaturated/α-hetero) is 1. The van der Waals surface area contributed by atoms with Crippen LogP contribution in [-0.2, 0) is 4.79 Å². The van der Waals surface area contributed by atoms with Crippen molar-refractivity contribution in [3.63, 3.8) is 0 Å².